The number of fused-ring (bicyclic) bond motifs is 1. The summed E-state index contributed by atoms with van der Waals surface area (Å²) in [7, 11) is -1.38. The van der Waals surface area contributed by atoms with E-state index in [0.29, 0.717) is 55.2 Å². The van der Waals surface area contributed by atoms with Crippen molar-refractivity contribution >= 4 is 31.1 Å². The van der Waals surface area contributed by atoms with Gasteiger partial charge in [0.2, 0.25) is 5.95 Å². The molecule has 0 aliphatic carbocycles. The number of likely N-dealkylation sites (tertiary alicyclic amines) is 1. The van der Waals surface area contributed by atoms with Crippen LogP contribution in [0.25, 0.3) is 28.1 Å². The number of tetrazole rings is 1. The number of aromatic nitrogens is 8. The molecule has 254 valence electrons. The number of piperidine rings is 1. The molecule has 1 aliphatic heterocycles. The predicted octanol–water partition coefficient (Wildman–Crippen LogP) is 5.92. The highest BCUT2D eigenvalue weighted by molar-refractivity contribution is 6.76. The molecule has 1 amide bonds. The van der Waals surface area contributed by atoms with Crippen molar-refractivity contribution in [2.45, 2.75) is 90.8 Å². The number of hydrogen-bond acceptors (Lipinski definition) is 10. The first kappa shape index (κ1) is 34.2. The number of anilines is 1. The van der Waals surface area contributed by atoms with Crippen molar-refractivity contribution in [2.75, 3.05) is 25.0 Å². The van der Waals surface area contributed by atoms with Gasteiger partial charge < -0.3 is 24.3 Å². The average molecular weight is 675 g/mol. The lowest BCUT2D eigenvalue weighted by molar-refractivity contribution is -0.137. The first-order valence-electron chi connectivity index (χ1n) is 15.5. The smallest absolute Gasteiger partial charge is 0.419 e. The van der Waals surface area contributed by atoms with Crippen molar-refractivity contribution in [3.63, 3.8) is 0 Å². The number of ether oxygens (including phenoxy) is 2. The SMILES string of the molecule is Cc1nnnn1-c1ccc2c(-c3nc(N[C@H]4CCCN(C(=O)OC(C)(C)C)C4)ncc3C(F)(F)F)cn(COCC[Si](C)(C)C)c2n1. The minimum atomic E-state index is -4.73. The van der Waals surface area contributed by atoms with E-state index in [1.807, 2.05) is 0 Å². The zero-order valence-electron chi connectivity index (χ0n) is 27.7. The second-order valence-electron chi connectivity index (χ2n) is 13.9. The number of rotatable bonds is 9. The summed E-state index contributed by atoms with van der Waals surface area (Å²) >= 11 is 0. The highest BCUT2D eigenvalue weighted by Gasteiger charge is 2.37. The molecule has 4 aromatic heterocycles. The predicted molar refractivity (Wildman–Crippen MR) is 172 cm³/mol. The molecule has 0 bridgehead atoms. The monoisotopic (exact) mass is 674 g/mol. The van der Waals surface area contributed by atoms with E-state index in [9.17, 15) is 18.0 Å². The molecule has 1 atom stereocenters. The number of alkyl halides is 3. The number of hydrogen-bond donors (Lipinski definition) is 1. The van der Waals surface area contributed by atoms with Gasteiger partial charge in [-0.3, -0.25) is 0 Å². The molecule has 0 radical (unpaired) electrons. The third-order valence-electron chi connectivity index (χ3n) is 7.53. The zero-order chi connectivity index (χ0) is 34.1. The fraction of sp³-hybridized carbons (Fsp3) is 0.567. The van der Waals surface area contributed by atoms with Gasteiger partial charge in [-0.25, -0.2) is 19.7 Å². The number of halogens is 3. The van der Waals surface area contributed by atoms with Crippen molar-refractivity contribution < 1.29 is 27.4 Å². The van der Waals surface area contributed by atoms with E-state index in [0.717, 1.165) is 12.2 Å². The number of nitrogens with one attached hydrogen (secondary N) is 1. The fourth-order valence-electron chi connectivity index (χ4n) is 5.18. The van der Waals surface area contributed by atoms with Crippen molar-refractivity contribution in [3.05, 3.63) is 35.9 Å². The third kappa shape index (κ3) is 8.43. The fourth-order valence-corrected chi connectivity index (χ4v) is 5.93. The molecule has 0 unspecified atom stereocenters. The molecule has 5 heterocycles. The number of aryl methyl sites for hydroxylation is 1. The summed E-state index contributed by atoms with van der Waals surface area (Å²) in [6, 6.07) is 3.97. The Hall–Kier alpha value is -4.12. The molecule has 5 rings (SSSR count). The maximum Gasteiger partial charge on any atom is 0.419 e. The molecule has 1 N–H and O–H groups in total. The highest BCUT2D eigenvalue weighted by atomic mass is 28.3. The van der Waals surface area contributed by atoms with Gasteiger partial charge in [0, 0.05) is 57.2 Å². The molecular weight excluding hydrogens is 633 g/mol. The van der Waals surface area contributed by atoms with E-state index >= 15 is 0 Å². The zero-order valence-corrected chi connectivity index (χ0v) is 28.7. The Morgan fingerprint density at radius 1 is 1.15 bits per heavy atom. The molecule has 13 nitrogen and oxygen atoms in total. The molecule has 0 spiro atoms. The standard InChI is InChI=1S/C30H41F3N10O3Si/c1-19-38-39-40-43(19)24-11-10-21-22(17-42(26(21)36-24)18-45-13-14-47(5,6)7)25-23(30(31,32)33)15-34-27(37-25)35-20-9-8-12-41(16-20)28(44)46-29(2,3)4/h10-11,15,17,20H,8-9,12-14,16,18H2,1-7H3,(H,34,35,37)/t20-/m0/s1. The van der Waals surface area contributed by atoms with Crippen LogP contribution in [0.4, 0.5) is 23.9 Å². The normalized spacial score (nSPS) is 16.1. The van der Waals surface area contributed by atoms with Gasteiger partial charge >= 0.3 is 12.3 Å². The number of carbonyl (C=O) groups is 1. The Labute approximate surface area is 271 Å². The molecule has 1 saturated heterocycles. The minimum Gasteiger partial charge on any atom is -0.444 e. The summed E-state index contributed by atoms with van der Waals surface area (Å²) in [6.45, 7) is 15.2. The molecule has 1 aliphatic rings. The van der Waals surface area contributed by atoms with Crippen LogP contribution in [0.1, 0.15) is 45.0 Å². The first-order valence-corrected chi connectivity index (χ1v) is 19.2. The Morgan fingerprint density at radius 2 is 1.91 bits per heavy atom. The van der Waals surface area contributed by atoms with Gasteiger partial charge in [-0.2, -0.15) is 17.9 Å². The number of carbonyl (C=O) groups excluding carboxylic acids is 1. The van der Waals surface area contributed by atoms with Crippen molar-refractivity contribution in [2.24, 2.45) is 0 Å². The first-order chi connectivity index (χ1) is 22.0. The lowest BCUT2D eigenvalue weighted by Crippen LogP contribution is -2.47. The Kier molecular flexibility index (Phi) is 9.59. The van der Waals surface area contributed by atoms with Gasteiger partial charge in [0.15, 0.2) is 11.6 Å². The summed E-state index contributed by atoms with van der Waals surface area (Å²) in [5, 5.41) is 15.2. The topological polar surface area (TPSA) is 138 Å². The summed E-state index contributed by atoms with van der Waals surface area (Å²) in [5.74, 6) is 0.923. The highest BCUT2D eigenvalue weighted by Crippen LogP contribution is 2.39. The van der Waals surface area contributed by atoms with Crippen LogP contribution in [0.2, 0.25) is 25.7 Å². The number of pyridine rings is 1. The second-order valence-corrected chi connectivity index (χ2v) is 19.5. The number of amides is 1. The second kappa shape index (κ2) is 13.2. The van der Waals surface area contributed by atoms with Crippen LogP contribution in [-0.4, -0.2) is 90.1 Å². The van der Waals surface area contributed by atoms with Gasteiger partial charge in [-0.1, -0.05) is 19.6 Å². The van der Waals surface area contributed by atoms with E-state index < -0.39 is 31.5 Å². The summed E-state index contributed by atoms with van der Waals surface area (Å²) in [5.41, 5.74) is -1.32. The van der Waals surface area contributed by atoms with Crippen LogP contribution in [0, 0.1) is 6.92 Å². The minimum absolute atomic E-state index is 0.0187. The van der Waals surface area contributed by atoms with Crippen molar-refractivity contribution in [3.8, 4) is 17.1 Å². The average Bonchev–Trinajstić information content (AvgIpc) is 3.56. The largest absolute Gasteiger partial charge is 0.444 e. The molecule has 47 heavy (non-hydrogen) atoms. The van der Waals surface area contributed by atoms with E-state index in [2.05, 4.69) is 50.5 Å². The maximum atomic E-state index is 14.4. The Morgan fingerprint density at radius 3 is 2.57 bits per heavy atom. The van der Waals surface area contributed by atoms with Gasteiger partial charge in [0.05, 0.1) is 5.69 Å². The lowest BCUT2D eigenvalue weighted by Gasteiger charge is -2.34. The van der Waals surface area contributed by atoms with Crippen LogP contribution in [0.5, 0.6) is 0 Å². The summed E-state index contributed by atoms with van der Waals surface area (Å²) in [4.78, 5) is 27.5. The molecule has 0 saturated carbocycles. The van der Waals surface area contributed by atoms with E-state index in [1.54, 1.807) is 55.5 Å². The van der Waals surface area contributed by atoms with Crippen molar-refractivity contribution in [1.29, 1.82) is 0 Å². The molecule has 1 fully saturated rings. The molecule has 0 aromatic carbocycles. The molecule has 17 heteroatoms. The number of nitrogens with zero attached hydrogens (tertiary/aromatic N) is 9. The summed E-state index contributed by atoms with van der Waals surface area (Å²) in [6.07, 6.45) is -1.44. The van der Waals surface area contributed by atoms with Crippen LogP contribution >= 0.6 is 0 Å². The van der Waals surface area contributed by atoms with Crippen LogP contribution in [0.15, 0.2) is 24.5 Å². The Balaban J connectivity index is 1.51. The van der Waals surface area contributed by atoms with Gasteiger partial charge in [0.25, 0.3) is 0 Å². The Bertz CT molecular complexity index is 1730. The van der Waals surface area contributed by atoms with Crippen molar-refractivity contribution in [1.82, 2.24) is 44.6 Å². The quantitative estimate of drug-likeness (QED) is 0.168. The lowest BCUT2D eigenvalue weighted by atomic mass is 10.1. The maximum absolute atomic E-state index is 14.4. The summed E-state index contributed by atoms with van der Waals surface area (Å²) < 4.78 is 57.9. The van der Waals surface area contributed by atoms with E-state index in [-0.39, 0.29) is 30.0 Å². The van der Waals surface area contributed by atoms with Crippen LogP contribution < -0.4 is 5.32 Å². The molecule has 4 aromatic rings. The van der Waals surface area contributed by atoms with Crippen LogP contribution in [-0.2, 0) is 22.4 Å². The van der Waals surface area contributed by atoms with E-state index in [1.165, 1.54) is 4.68 Å². The third-order valence-corrected chi connectivity index (χ3v) is 9.24. The van der Waals surface area contributed by atoms with Gasteiger partial charge in [0.1, 0.15) is 23.5 Å². The molecular formula is C30H41F3N10O3Si. The van der Waals surface area contributed by atoms with E-state index in [4.69, 9.17) is 14.5 Å². The van der Waals surface area contributed by atoms with Gasteiger partial charge in [-0.05, 0) is 69.1 Å². The van der Waals surface area contributed by atoms with Crippen LogP contribution in [0.3, 0.4) is 0 Å². The van der Waals surface area contributed by atoms with Gasteiger partial charge in [-0.15, -0.1) is 5.10 Å².